The van der Waals surface area contributed by atoms with Gasteiger partial charge in [0.2, 0.25) is 4.77 Å². The molecule has 2 rings (SSSR count). The van der Waals surface area contributed by atoms with Crippen LogP contribution in [0.4, 0.5) is 4.48 Å². The van der Waals surface area contributed by atoms with E-state index in [2.05, 4.69) is 22.2 Å². The highest BCUT2D eigenvalue weighted by molar-refractivity contribution is 7.71. The largest absolute Gasteiger partial charge is 0.467 e. The molecule has 2 aromatic heterocycles. The van der Waals surface area contributed by atoms with E-state index in [1.807, 2.05) is 0 Å². The topological polar surface area (TPSA) is 44.4 Å². The van der Waals surface area contributed by atoms with Gasteiger partial charge in [-0.1, -0.05) is 9.39 Å². The maximum absolute atomic E-state index is 13.2. The average molecular weight is 200 g/mol. The molecule has 0 spiro atoms. The van der Waals surface area contributed by atoms with E-state index < -0.39 is 0 Å². The summed E-state index contributed by atoms with van der Waals surface area (Å²) in [5.41, 5.74) is 0.361. The molecule has 2 heterocycles. The maximum atomic E-state index is 13.2. The number of fused-ring (bicyclic) bond motifs is 1. The van der Waals surface area contributed by atoms with Gasteiger partial charge in [0, 0.05) is 12.3 Å². The summed E-state index contributed by atoms with van der Waals surface area (Å²) in [7, 11) is 1.39. The van der Waals surface area contributed by atoms with Crippen molar-refractivity contribution in [3.05, 3.63) is 17.0 Å². The molecule has 5 nitrogen and oxygen atoms in total. The number of ether oxygens (including phenoxy) is 1. The Hall–Kier alpha value is -1.50. The van der Waals surface area contributed by atoms with Gasteiger partial charge in [-0.05, 0) is 12.2 Å². The van der Waals surface area contributed by atoms with Gasteiger partial charge in [-0.3, -0.25) is 0 Å². The Morgan fingerprint density at radius 2 is 2.38 bits per heavy atom. The van der Waals surface area contributed by atoms with Crippen LogP contribution in [0.15, 0.2) is 12.3 Å². The van der Waals surface area contributed by atoms with Crippen molar-refractivity contribution in [2.75, 3.05) is 7.11 Å². The minimum Gasteiger partial charge on any atom is -0.467 e. The highest BCUT2D eigenvalue weighted by atomic mass is 32.1. The quantitative estimate of drug-likeness (QED) is 0.644. The first-order chi connectivity index (χ1) is 6.24. The van der Waals surface area contributed by atoms with E-state index in [4.69, 9.17) is 4.74 Å². The summed E-state index contributed by atoms with van der Waals surface area (Å²) in [5, 5.41) is 0. The van der Waals surface area contributed by atoms with Crippen LogP contribution in [0.25, 0.3) is 5.65 Å². The van der Waals surface area contributed by atoms with E-state index in [9.17, 15) is 4.48 Å². The second-order valence-corrected chi connectivity index (χ2v) is 2.62. The predicted molar refractivity (Wildman–Crippen MR) is 44.9 cm³/mol. The molecule has 0 radical (unpaired) electrons. The van der Waals surface area contributed by atoms with E-state index in [1.54, 1.807) is 0 Å². The summed E-state index contributed by atoms with van der Waals surface area (Å²) in [5.74, 6) is 0. The Balaban J connectivity index is 2.95. The van der Waals surface area contributed by atoms with Gasteiger partial charge in [-0.25, -0.2) is 4.98 Å². The van der Waals surface area contributed by atoms with Crippen LogP contribution in [0.5, 0.6) is 6.01 Å². The molecule has 0 atom stereocenters. The second kappa shape index (κ2) is 2.77. The number of hydrogen-bond donors (Lipinski definition) is 0. The number of nitrogens with zero attached hydrogens (tertiary/aromatic N) is 4. The second-order valence-electron chi connectivity index (χ2n) is 2.26. The van der Waals surface area contributed by atoms with E-state index in [0.717, 1.165) is 4.52 Å². The van der Waals surface area contributed by atoms with Crippen molar-refractivity contribution in [2.45, 2.75) is 0 Å². The molecule has 0 N–H and O–H groups in total. The summed E-state index contributed by atoms with van der Waals surface area (Å²) in [6.45, 7) is 0. The van der Waals surface area contributed by atoms with E-state index >= 15 is 0 Å². The Kier molecular flexibility index (Phi) is 1.73. The molecule has 7 heteroatoms. The van der Waals surface area contributed by atoms with Gasteiger partial charge in [-0.2, -0.15) is 9.50 Å². The average Bonchev–Trinajstić information content (AvgIpc) is 2.43. The van der Waals surface area contributed by atoms with Crippen LogP contribution < -0.4 is 4.74 Å². The Labute approximate surface area is 77.3 Å². The van der Waals surface area contributed by atoms with E-state index in [0.29, 0.717) is 5.65 Å². The van der Waals surface area contributed by atoms with Crippen LogP contribution in [0.2, 0.25) is 0 Å². The first-order valence-corrected chi connectivity index (χ1v) is 3.82. The fraction of sp³-hybridized carbons (Fsp3) is 0.167. The van der Waals surface area contributed by atoms with Crippen LogP contribution in [-0.4, -0.2) is 26.5 Å². The van der Waals surface area contributed by atoms with Crippen molar-refractivity contribution in [1.29, 1.82) is 0 Å². The lowest BCUT2D eigenvalue weighted by molar-refractivity contribution is 0.258. The lowest BCUT2D eigenvalue weighted by atomic mass is 10.6. The fourth-order valence-electron chi connectivity index (χ4n) is 1.00. The van der Waals surface area contributed by atoms with Crippen LogP contribution >= 0.6 is 12.2 Å². The van der Waals surface area contributed by atoms with Gasteiger partial charge in [0.25, 0.3) is 0 Å². The Bertz CT molecular complexity index is 505. The van der Waals surface area contributed by atoms with Crippen molar-refractivity contribution in [3.63, 3.8) is 0 Å². The number of halogens is 1. The number of hydrogen-bond acceptors (Lipinski definition) is 4. The lowest BCUT2D eigenvalue weighted by Gasteiger charge is -2.00. The van der Waals surface area contributed by atoms with Crippen LogP contribution in [0.1, 0.15) is 0 Å². The Morgan fingerprint density at radius 1 is 1.62 bits per heavy atom. The van der Waals surface area contributed by atoms with Gasteiger partial charge < -0.3 is 4.74 Å². The third-order valence-electron chi connectivity index (χ3n) is 1.53. The van der Waals surface area contributed by atoms with Crippen molar-refractivity contribution in [2.24, 2.45) is 0 Å². The molecule has 0 aliphatic carbocycles. The van der Waals surface area contributed by atoms with Crippen molar-refractivity contribution < 1.29 is 9.22 Å². The van der Waals surface area contributed by atoms with Crippen molar-refractivity contribution in [1.82, 2.24) is 19.4 Å². The number of methoxy groups -OCH3 is 1. The van der Waals surface area contributed by atoms with Crippen LogP contribution in [0.3, 0.4) is 0 Å². The van der Waals surface area contributed by atoms with Crippen LogP contribution in [0, 0.1) is 4.77 Å². The first kappa shape index (κ1) is 8.11. The molecule has 0 bridgehead atoms. The minimum atomic E-state index is -0.161. The van der Waals surface area contributed by atoms with Crippen molar-refractivity contribution in [3.8, 4) is 6.01 Å². The molecule has 0 saturated carbocycles. The molecule has 0 aliphatic heterocycles. The minimum absolute atomic E-state index is 0.101. The molecule has 13 heavy (non-hydrogen) atoms. The zero-order valence-electron chi connectivity index (χ0n) is 6.64. The number of aromatic nitrogens is 4. The predicted octanol–water partition coefficient (Wildman–Crippen LogP) is 1.00. The van der Waals surface area contributed by atoms with Gasteiger partial charge >= 0.3 is 6.01 Å². The van der Waals surface area contributed by atoms with Gasteiger partial charge in [0.15, 0.2) is 5.65 Å². The maximum Gasteiger partial charge on any atom is 0.319 e. The highest BCUT2D eigenvalue weighted by Crippen LogP contribution is 2.10. The molecular weight excluding hydrogens is 195 g/mol. The molecule has 0 saturated heterocycles. The normalized spacial score (nSPS) is 10.6. The molecule has 0 fully saturated rings. The standard InChI is InChI=1S/C6H5FN4OS/c1-12-5-8-3-2-4-9-6(13)11(7)10(4)5/h2-3H,1H3. The zero-order chi connectivity index (χ0) is 9.42. The summed E-state index contributed by atoms with van der Waals surface area (Å²) in [6, 6.07) is 1.64. The van der Waals surface area contributed by atoms with Gasteiger partial charge in [-0.15, -0.1) is 0 Å². The number of rotatable bonds is 1. The molecule has 2 aromatic rings. The molecular formula is C6H5FN4OS. The van der Waals surface area contributed by atoms with E-state index in [1.165, 1.54) is 19.4 Å². The Morgan fingerprint density at radius 3 is 3.08 bits per heavy atom. The monoisotopic (exact) mass is 200 g/mol. The smallest absolute Gasteiger partial charge is 0.319 e. The lowest BCUT2D eigenvalue weighted by Crippen LogP contribution is -2.02. The van der Waals surface area contributed by atoms with E-state index in [-0.39, 0.29) is 15.7 Å². The first-order valence-electron chi connectivity index (χ1n) is 3.41. The molecule has 68 valence electrons. The van der Waals surface area contributed by atoms with Crippen LogP contribution in [-0.2, 0) is 0 Å². The molecule has 0 aromatic carbocycles. The summed E-state index contributed by atoms with van der Waals surface area (Å²) in [4.78, 5) is 7.77. The third kappa shape index (κ3) is 1.08. The summed E-state index contributed by atoms with van der Waals surface area (Å²) >= 11 is 4.63. The van der Waals surface area contributed by atoms with Gasteiger partial charge in [0.1, 0.15) is 0 Å². The third-order valence-corrected chi connectivity index (χ3v) is 1.77. The van der Waals surface area contributed by atoms with Gasteiger partial charge in [0.05, 0.1) is 7.11 Å². The fourth-order valence-corrected chi connectivity index (χ4v) is 1.18. The SMILES string of the molecule is COc1nccc2nc(=S)n(F)n12. The highest BCUT2D eigenvalue weighted by Gasteiger charge is 2.08. The summed E-state index contributed by atoms with van der Waals surface area (Å²) < 4.78 is 18.9. The summed E-state index contributed by atoms with van der Waals surface area (Å²) in [6.07, 6.45) is 1.47. The van der Waals surface area contributed by atoms with Crippen molar-refractivity contribution >= 4 is 17.9 Å². The molecule has 0 aliphatic rings. The zero-order valence-corrected chi connectivity index (χ0v) is 7.45. The molecule has 0 amide bonds. The molecule has 0 unspecified atom stereocenters.